The molecule has 0 unspecified atom stereocenters. The van der Waals surface area contributed by atoms with E-state index in [-0.39, 0.29) is 0 Å². The molecule has 0 fully saturated rings. The Balaban J connectivity index is 2.03. The van der Waals surface area contributed by atoms with E-state index in [1.807, 2.05) is 24.0 Å². The third-order valence-corrected chi connectivity index (χ3v) is 4.22. The van der Waals surface area contributed by atoms with E-state index in [1.165, 1.54) is 10.3 Å². The van der Waals surface area contributed by atoms with Crippen LogP contribution >= 0.6 is 11.8 Å². The number of nitrogens with zero attached hydrogens (tertiary/aromatic N) is 2. The highest BCUT2D eigenvalue weighted by molar-refractivity contribution is 7.99. The van der Waals surface area contributed by atoms with Crippen molar-refractivity contribution in [1.82, 2.24) is 9.88 Å². The lowest BCUT2D eigenvalue weighted by Gasteiger charge is -2.17. The van der Waals surface area contributed by atoms with Crippen LogP contribution in [0.2, 0.25) is 0 Å². The first kappa shape index (κ1) is 13.4. The third kappa shape index (κ3) is 3.24. The first-order valence-corrected chi connectivity index (χ1v) is 7.52. The molecule has 3 heteroatoms. The summed E-state index contributed by atoms with van der Waals surface area (Å²) < 4.78 is 0. The smallest absolute Gasteiger partial charge is 0.0713 e. The Hall–Kier alpha value is -1.06. The number of para-hydroxylation sites is 1. The molecule has 2 nitrogen and oxygen atoms in total. The molecule has 96 valence electrons. The van der Waals surface area contributed by atoms with Crippen LogP contribution < -0.4 is 0 Å². The molecule has 1 aromatic carbocycles. The third-order valence-electron chi connectivity index (χ3n) is 3.17. The second-order valence-electron chi connectivity index (χ2n) is 4.20. The number of benzene rings is 1. The molecule has 18 heavy (non-hydrogen) atoms. The lowest BCUT2D eigenvalue weighted by molar-refractivity contribution is 0.324. The molecule has 0 spiro atoms. The zero-order valence-electron chi connectivity index (χ0n) is 11.1. The van der Waals surface area contributed by atoms with Gasteiger partial charge in [-0.1, -0.05) is 32.0 Å². The average molecular weight is 260 g/mol. The van der Waals surface area contributed by atoms with Gasteiger partial charge in [-0.2, -0.15) is 0 Å². The average Bonchev–Trinajstić information content (AvgIpc) is 2.44. The summed E-state index contributed by atoms with van der Waals surface area (Å²) in [5.74, 6) is 1.13. The Morgan fingerprint density at radius 3 is 2.67 bits per heavy atom. The Morgan fingerprint density at radius 2 is 1.89 bits per heavy atom. The van der Waals surface area contributed by atoms with Crippen LogP contribution in [0.15, 0.2) is 41.4 Å². The second kappa shape index (κ2) is 6.76. The fourth-order valence-corrected chi connectivity index (χ4v) is 3.07. The molecule has 0 radical (unpaired) electrons. The predicted molar refractivity (Wildman–Crippen MR) is 80.3 cm³/mol. The molecule has 0 N–H and O–H groups in total. The van der Waals surface area contributed by atoms with Crippen LogP contribution in [0.4, 0.5) is 0 Å². The molecule has 1 heterocycles. The molecular weight excluding hydrogens is 240 g/mol. The van der Waals surface area contributed by atoms with Gasteiger partial charge in [-0.15, -0.1) is 11.8 Å². The van der Waals surface area contributed by atoms with Crippen molar-refractivity contribution >= 4 is 22.7 Å². The maximum Gasteiger partial charge on any atom is 0.0713 e. The highest BCUT2D eigenvalue weighted by Crippen LogP contribution is 2.26. The standard InChI is InChI=1S/C15H20N2S/c1-3-17(4-2)11-12-18-15-9-10-16-14-8-6-5-7-13(14)15/h5-10H,3-4,11-12H2,1-2H3. The van der Waals surface area contributed by atoms with Crippen LogP contribution in [0, 0.1) is 0 Å². The van der Waals surface area contributed by atoms with Gasteiger partial charge in [-0.3, -0.25) is 4.98 Å². The summed E-state index contributed by atoms with van der Waals surface area (Å²) in [4.78, 5) is 8.19. The number of pyridine rings is 1. The van der Waals surface area contributed by atoms with Crippen LogP contribution in [-0.2, 0) is 0 Å². The maximum atomic E-state index is 4.39. The molecule has 0 aliphatic rings. The summed E-state index contributed by atoms with van der Waals surface area (Å²) in [5, 5.41) is 1.27. The van der Waals surface area contributed by atoms with Gasteiger partial charge in [-0.25, -0.2) is 0 Å². The molecule has 0 atom stereocenters. The van der Waals surface area contributed by atoms with E-state index >= 15 is 0 Å². The van der Waals surface area contributed by atoms with Gasteiger partial charge in [0.2, 0.25) is 0 Å². The van der Waals surface area contributed by atoms with Crippen molar-refractivity contribution in [3.63, 3.8) is 0 Å². The SMILES string of the molecule is CCN(CC)CCSc1ccnc2ccccc12. The Morgan fingerprint density at radius 1 is 1.11 bits per heavy atom. The number of hydrogen-bond acceptors (Lipinski definition) is 3. The van der Waals surface area contributed by atoms with Crippen molar-refractivity contribution in [2.45, 2.75) is 18.7 Å². The highest BCUT2D eigenvalue weighted by atomic mass is 32.2. The van der Waals surface area contributed by atoms with Crippen LogP contribution in [-0.4, -0.2) is 35.3 Å². The molecule has 0 amide bonds. The molecular formula is C15H20N2S. The number of thioether (sulfide) groups is 1. The van der Waals surface area contributed by atoms with E-state index in [1.54, 1.807) is 0 Å². The van der Waals surface area contributed by atoms with Gasteiger partial charge in [0.25, 0.3) is 0 Å². The highest BCUT2D eigenvalue weighted by Gasteiger charge is 2.03. The predicted octanol–water partition coefficient (Wildman–Crippen LogP) is 3.67. The maximum absolute atomic E-state index is 4.39. The number of fused-ring (bicyclic) bond motifs is 1. The molecule has 1 aromatic heterocycles. The van der Waals surface area contributed by atoms with E-state index < -0.39 is 0 Å². The van der Waals surface area contributed by atoms with Crippen molar-refractivity contribution in [2.24, 2.45) is 0 Å². The minimum atomic E-state index is 1.09. The quantitative estimate of drug-likeness (QED) is 0.737. The van der Waals surface area contributed by atoms with E-state index in [2.05, 4.69) is 48.0 Å². The Bertz CT molecular complexity index is 489. The van der Waals surface area contributed by atoms with Gasteiger partial charge in [-0.05, 0) is 25.2 Å². The van der Waals surface area contributed by atoms with Gasteiger partial charge in [0.05, 0.1) is 5.52 Å². The molecule has 0 saturated carbocycles. The van der Waals surface area contributed by atoms with Crippen LogP contribution in [0.1, 0.15) is 13.8 Å². The minimum absolute atomic E-state index is 1.09. The minimum Gasteiger partial charge on any atom is -0.303 e. The van der Waals surface area contributed by atoms with Crippen molar-refractivity contribution in [3.05, 3.63) is 36.5 Å². The zero-order chi connectivity index (χ0) is 12.8. The van der Waals surface area contributed by atoms with Gasteiger partial charge in [0, 0.05) is 28.8 Å². The summed E-state index contributed by atoms with van der Waals surface area (Å²) in [5.41, 5.74) is 1.09. The van der Waals surface area contributed by atoms with Crippen LogP contribution in [0.25, 0.3) is 10.9 Å². The summed E-state index contributed by atoms with van der Waals surface area (Å²) >= 11 is 1.93. The van der Waals surface area contributed by atoms with Gasteiger partial charge in [0.1, 0.15) is 0 Å². The summed E-state index contributed by atoms with van der Waals surface area (Å²) in [6.07, 6.45) is 1.90. The molecule has 0 aliphatic heterocycles. The molecule has 2 aromatic rings. The monoisotopic (exact) mass is 260 g/mol. The number of aromatic nitrogens is 1. The fourth-order valence-electron chi connectivity index (χ4n) is 2.02. The van der Waals surface area contributed by atoms with Gasteiger partial charge >= 0.3 is 0 Å². The largest absolute Gasteiger partial charge is 0.303 e. The first-order chi connectivity index (χ1) is 8.85. The first-order valence-electron chi connectivity index (χ1n) is 6.54. The van der Waals surface area contributed by atoms with Crippen molar-refractivity contribution < 1.29 is 0 Å². The second-order valence-corrected chi connectivity index (χ2v) is 5.34. The van der Waals surface area contributed by atoms with Crippen molar-refractivity contribution in [3.8, 4) is 0 Å². The Kier molecular flexibility index (Phi) is 5.02. The normalized spacial score (nSPS) is 11.3. The van der Waals surface area contributed by atoms with E-state index in [0.29, 0.717) is 0 Å². The molecule has 0 bridgehead atoms. The Labute approximate surface area is 113 Å². The van der Waals surface area contributed by atoms with Crippen LogP contribution in [0.5, 0.6) is 0 Å². The molecule has 0 aliphatic carbocycles. The van der Waals surface area contributed by atoms with E-state index in [0.717, 1.165) is 30.9 Å². The lowest BCUT2D eigenvalue weighted by atomic mass is 10.2. The van der Waals surface area contributed by atoms with E-state index in [4.69, 9.17) is 0 Å². The lowest BCUT2D eigenvalue weighted by Crippen LogP contribution is -2.25. The van der Waals surface area contributed by atoms with Gasteiger partial charge < -0.3 is 4.90 Å². The topological polar surface area (TPSA) is 16.1 Å². The number of hydrogen-bond donors (Lipinski definition) is 0. The van der Waals surface area contributed by atoms with Crippen molar-refractivity contribution in [2.75, 3.05) is 25.4 Å². The summed E-state index contributed by atoms with van der Waals surface area (Å²) in [7, 11) is 0. The zero-order valence-corrected chi connectivity index (χ0v) is 11.9. The van der Waals surface area contributed by atoms with Gasteiger partial charge in [0.15, 0.2) is 0 Å². The van der Waals surface area contributed by atoms with E-state index in [9.17, 15) is 0 Å². The number of rotatable bonds is 6. The van der Waals surface area contributed by atoms with Crippen molar-refractivity contribution in [1.29, 1.82) is 0 Å². The fraction of sp³-hybridized carbons (Fsp3) is 0.400. The summed E-state index contributed by atoms with van der Waals surface area (Å²) in [6, 6.07) is 10.5. The van der Waals surface area contributed by atoms with Crippen LogP contribution in [0.3, 0.4) is 0 Å². The molecule has 2 rings (SSSR count). The summed E-state index contributed by atoms with van der Waals surface area (Å²) in [6.45, 7) is 7.85. The molecule has 0 saturated heterocycles.